The minimum absolute atomic E-state index is 0.687. The maximum Gasteiger partial charge on any atom is 0.0859 e. The van der Waals surface area contributed by atoms with Crippen LogP contribution in [0.25, 0.3) is 6.08 Å². The van der Waals surface area contributed by atoms with Gasteiger partial charge in [-0.25, -0.2) is 0 Å². The minimum Gasteiger partial charge on any atom is -0.397 e. The van der Waals surface area contributed by atoms with Crippen LogP contribution in [0, 0.1) is 0 Å². The van der Waals surface area contributed by atoms with E-state index in [0.717, 1.165) is 16.8 Å². The zero-order valence-corrected chi connectivity index (χ0v) is 9.51. The molecule has 2 nitrogen and oxygen atoms in total. The third-order valence-electron chi connectivity index (χ3n) is 2.46. The van der Waals surface area contributed by atoms with Gasteiger partial charge in [0, 0.05) is 6.21 Å². The van der Waals surface area contributed by atoms with Crippen molar-refractivity contribution in [2.24, 2.45) is 4.99 Å². The van der Waals surface area contributed by atoms with Gasteiger partial charge in [-0.1, -0.05) is 49.1 Å². The Labute approximate surface area is 101 Å². The fourth-order valence-corrected chi connectivity index (χ4v) is 1.47. The molecule has 0 atom stereocenters. The molecule has 0 heterocycles. The molecule has 0 fully saturated rings. The fourth-order valence-electron chi connectivity index (χ4n) is 1.47. The summed E-state index contributed by atoms with van der Waals surface area (Å²) in [5.41, 5.74) is 9.42. The maximum atomic E-state index is 5.80. The third kappa shape index (κ3) is 2.82. The van der Waals surface area contributed by atoms with E-state index >= 15 is 0 Å². The predicted octanol–water partition coefficient (Wildman–Crippen LogP) is 3.66. The van der Waals surface area contributed by atoms with Crippen molar-refractivity contribution in [3.8, 4) is 0 Å². The highest BCUT2D eigenvalue weighted by molar-refractivity contribution is 5.84. The summed E-state index contributed by atoms with van der Waals surface area (Å²) in [4.78, 5) is 4.36. The van der Waals surface area contributed by atoms with Crippen LogP contribution in [0.2, 0.25) is 0 Å². The predicted molar refractivity (Wildman–Crippen MR) is 74.6 cm³/mol. The Morgan fingerprint density at radius 3 is 2.24 bits per heavy atom. The van der Waals surface area contributed by atoms with Gasteiger partial charge in [-0.3, -0.25) is 4.99 Å². The van der Waals surface area contributed by atoms with Crippen molar-refractivity contribution in [3.05, 3.63) is 66.2 Å². The van der Waals surface area contributed by atoms with Gasteiger partial charge in [0.2, 0.25) is 0 Å². The molecule has 0 aliphatic rings. The molecule has 84 valence electrons. The van der Waals surface area contributed by atoms with Crippen LogP contribution < -0.4 is 5.73 Å². The number of hydrogen-bond acceptors (Lipinski definition) is 2. The summed E-state index contributed by atoms with van der Waals surface area (Å²) in [5, 5.41) is 0. The van der Waals surface area contributed by atoms with Gasteiger partial charge in [-0.05, 0) is 23.3 Å². The van der Waals surface area contributed by atoms with E-state index in [-0.39, 0.29) is 0 Å². The topological polar surface area (TPSA) is 38.4 Å². The summed E-state index contributed by atoms with van der Waals surface area (Å²) in [6.07, 6.45) is 3.62. The number of aliphatic imine (C=N–C) groups is 1. The molecular formula is C15H14N2. The van der Waals surface area contributed by atoms with E-state index in [4.69, 9.17) is 5.73 Å². The van der Waals surface area contributed by atoms with Crippen LogP contribution in [0.1, 0.15) is 11.1 Å². The first-order valence-corrected chi connectivity index (χ1v) is 5.40. The van der Waals surface area contributed by atoms with Crippen molar-refractivity contribution < 1.29 is 0 Å². The smallest absolute Gasteiger partial charge is 0.0859 e. The lowest BCUT2D eigenvalue weighted by atomic mass is 10.1. The molecule has 2 heteroatoms. The highest BCUT2D eigenvalue weighted by Crippen LogP contribution is 2.20. The second-order valence-corrected chi connectivity index (χ2v) is 3.69. The molecule has 0 saturated carbocycles. The van der Waals surface area contributed by atoms with E-state index in [1.807, 2.05) is 54.6 Å². The first-order chi connectivity index (χ1) is 8.29. The van der Waals surface area contributed by atoms with Gasteiger partial charge >= 0.3 is 0 Å². The average molecular weight is 222 g/mol. The van der Waals surface area contributed by atoms with Crippen molar-refractivity contribution in [2.45, 2.75) is 0 Å². The number of anilines is 1. The van der Waals surface area contributed by atoms with E-state index in [2.05, 4.69) is 11.6 Å². The summed E-state index contributed by atoms with van der Waals surface area (Å²) in [6.45, 7) is 3.72. The van der Waals surface area contributed by atoms with E-state index in [9.17, 15) is 0 Å². The van der Waals surface area contributed by atoms with Crippen molar-refractivity contribution in [3.63, 3.8) is 0 Å². The highest BCUT2D eigenvalue weighted by atomic mass is 14.8. The number of nitrogen functional groups attached to an aromatic ring is 1. The Morgan fingerprint density at radius 1 is 0.941 bits per heavy atom. The summed E-state index contributed by atoms with van der Waals surface area (Å²) < 4.78 is 0. The molecule has 2 N–H and O–H groups in total. The molecule has 0 radical (unpaired) electrons. The lowest BCUT2D eigenvalue weighted by Crippen LogP contribution is -1.85. The highest BCUT2D eigenvalue weighted by Gasteiger charge is 1.93. The minimum atomic E-state index is 0.687. The molecule has 0 aliphatic heterocycles. The quantitative estimate of drug-likeness (QED) is 0.624. The van der Waals surface area contributed by atoms with Crippen LogP contribution >= 0.6 is 0 Å². The van der Waals surface area contributed by atoms with Crippen molar-refractivity contribution in [1.82, 2.24) is 0 Å². The normalized spacial score (nSPS) is 10.6. The van der Waals surface area contributed by atoms with Gasteiger partial charge in [0.25, 0.3) is 0 Å². The monoisotopic (exact) mass is 222 g/mol. The summed E-state index contributed by atoms with van der Waals surface area (Å²) in [6, 6.07) is 15.6. The van der Waals surface area contributed by atoms with Gasteiger partial charge in [0.15, 0.2) is 0 Å². The summed E-state index contributed by atoms with van der Waals surface area (Å²) >= 11 is 0. The Morgan fingerprint density at radius 2 is 1.59 bits per heavy atom. The molecule has 0 amide bonds. The number of rotatable bonds is 3. The molecular weight excluding hydrogens is 208 g/mol. The Kier molecular flexibility index (Phi) is 3.36. The maximum absolute atomic E-state index is 5.80. The molecule has 0 aliphatic carbocycles. The second kappa shape index (κ2) is 5.12. The molecule has 0 saturated heterocycles. The van der Waals surface area contributed by atoms with Crippen LogP contribution in [0.4, 0.5) is 11.4 Å². The lowest BCUT2D eigenvalue weighted by Gasteiger charge is -1.98. The van der Waals surface area contributed by atoms with Crippen LogP contribution in [-0.4, -0.2) is 6.21 Å². The standard InChI is InChI=1S/C15H14N2/c1-2-12-7-9-13(10-8-12)11-17-15-6-4-3-5-14(15)16/h2-11H,1,16H2. The Bertz CT molecular complexity index is 539. The number of benzene rings is 2. The van der Waals surface area contributed by atoms with E-state index in [0.29, 0.717) is 5.69 Å². The second-order valence-electron chi connectivity index (χ2n) is 3.69. The third-order valence-corrected chi connectivity index (χ3v) is 2.46. The molecule has 2 aromatic rings. The SMILES string of the molecule is C=Cc1ccc(C=Nc2ccccc2N)cc1. The molecule has 2 aromatic carbocycles. The fraction of sp³-hybridized carbons (Fsp3) is 0. The van der Waals surface area contributed by atoms with Crippen molar-refractivity contribution >= 4 is 23.7 Å². The van der Waals surface area contributed by atoms with Crippen LogP contribution in [-0.2, 0) is 0 Å². The summed E-state index contributed by atoms with van der Waals surface area (Å²) in [5.74, 6) is 0. The van der Waals surface area contributed by atoms with E-state index in [1.54, 1.807) is 6.21 Å². The van der Waals surface area contributed by atoms with Crippen LogP contribution in [0.3, 0.4) is 0 Å². The van der Waals surface area contributed by atoms with E-state index in [1.165, 1.54) is 0 Å². The van der Waals surface area contributed by atoms with E-state index < -0.39 is 0 Å². The molecule has 0 bridgehead atoms. The molecule has 17 heavy (non-hydrogen) atoms. The zero-order chi connectivity index (χ0) is 12.1. The zero-order valence-electron chi connectivity index (χ0n) is 9.51. The lowest BCUT2D eigenvalue weighted by molar-refractivity contribution is 1.52. The molecule has 0 aromatic heterocycles. The Balaban J connectivity index is 2.20. The van der Waals surface area contributed by atoms with Gasteiger partial charge in [0.05, 0.1) is 11.4 Å². The van der Waals surface area contributed by atoms with Gasteiger partial charge in [0.1, 0.15) is 0 Å². The molecule has 0 spiro atoms. The number of para-hydroxylation sites is 2. The van der Waals surface area contributed by atoms with Crippen LogP contribution in [0.5, 0.6) is 0 Å². The number of nitrogens with two attached hydrogens (primary N) is 1. The first-order valence-electron chi connectivity index (χ1n) is 5.40. The van der Waals surface area contributed by atoms with Gasteiger partial charge in [-0.2, -0.15) is 0 Å². The van der Waals surface area contributed by atoms with Crippen molar-refractivity contribution in [2.75, 3.05) is 5.73 Å². The summed E-state index contributed by atoms with van der Waals surface area (Å²) in [7, 11) is 0. The number of hydrogen-bond donors (Lipinski definition) is 1. The van der Waals surface area contributed by atoms with Gasteiger partial charge in [-0.15, -0.1) is 0 Å². The average Bonchev–Trinajstić information content (AvgIpc) is 2.38. The van der Waals surface area contributed by atoms with Crippen molar-refractivity contribution in [1.29, 1.82) is 0 Å². The molecule has 2 rings (SSSR count). The number of nitrogens with zero attached hydrogens (tertiary/aromatic N) is 1. The Hall–Kier alpha value is -2.35. The molecule has 0 unspecified atom stereocenters. The first kappa shape index (κ1) is 11.1. The van der Waals surface area contributed by atoms with Crippen LogP contribution in [0.15, 0.2) is 60.1 Å². The van der Waals surface area contributed by atoms with Gasteiger partial charge < -0.3 is 5.73 Å². The largest absolute Gasteiger partial charge is 0.397 e.